The third-order valence-corrected chi connectivity index (χ3v) is 3.65. The topological polar surface area (TPSA) is 17.1 Å². The minimum atomic E-state index is -4.50. The number of carbonyl (C=O) groups excluding carboxylic acids is 1. The zero-order valence-electron chi connectivity index (χ0n) is 10.5. The highest BCUT2D eigenvalue weighted by atomic mass is 35.5. The molecule has 1 atom stereocenters. The molecule has 1 aliphatic carbocycles. The van der Waals surface area contributed by atoms with Crippen molar-refractivity contribution < 1.29 is 18.0 Å². The monoisotopic (exact) mass is 300 g/mol. The first-order chi connectivity index (χ1) is 9.32. The number of Topliss-reactive ketones (excluding diaryl/α,β-unsaturated/α-hetero) is 1. The van der Waals surface area contributed by atoms with E-state index >= 15 is 0 Å². The molecule has 0 amide bonds. The van der Waals surface area contributed by atoms with Crippen LogP contribution in [0.5, 0.6) is 0 Å². The van der Waals surface area contributed by atoms with E-state index in [9.17, 15) is 18.0 Å². The Hall–Kier alpha value is -1.55. The molecule has 2 rings (SSSR count). The summed E-state index contributed by atoms with van der Waals surface area (Å²) in [6, 6.07) is 8.63. The fraction of sp³-hybridized carbons (Fsp3) is 0.267. The molecule has 0 fully saturated rings. The Morgan fingerprint density at radius 3 is 2.40 bits per heavy atom. The number of alkyl halides is 4. The molecule has 0 radical (unpaired) electrons. The maximum Gasteiger partial charge on any atom is 0.411 e. The zero-order valence-corrected chi connectivity index (χ0v) is 11.2. The van der Waals surface area contributed by atoms with E-state index in [0.717, 1.165) is 6.08 Å². The molecule has 106 valence electrons. The Balaban J connectivity index is 2.05. The third-order valence-electron chi connectivity index (χ3n) is 3.15. The molecule has 1 aromatic rings. The molecule has 0 bridgehead atoms. The smallest absolute Gasteiger partial charge is 0.294 e. The first-order valence-electron chi connectivity index (χ1n) is 6.04. The Morgan fingerprint density at radius 1 is 1.25 bits per heavy atom. The van der Waals surface area contributed by atoms with Gasteiger partial charge in [-0.2, -0.15) is 13.2 Å². The van der Waals surface area contributed by atoms with Gasteiger partial charge in [-0.3, -0.25) is 4.79 Å². The van der Waals surface area contributed by atoms with Crippen LogP contribution >= 0.6 is 11.6 Å². The van der Waals surface area contributed by atoms with Crippen molar-refractivity contribution >= 4 is 17.4 Å². The second kappa shape index (κ2) is 5.44. The van der Waals surface area contributed by atoms with Crippen LogP contribution in [-0.2, 0) is 0 Å². The SMILES string of the molecule is O=C(CC1=CCC(Cl)(C(F)(F)F)C=C1)c1ccccc1. The van der Waals surface area contributed by atoms with E-state index in [1.54, 1.807) is 30.3 Å². The van der Waals surface area contributed by atoms with Gasteiger partial charge >= 0.3 is 6.18 Å². The highest BCUT2D eigenvalue weighted by molar-refractivity contribution is 6.26. The maximum absolute atomic E-state index is 12.7. The molecule has 1 aromatic carbocycles. The molecule has 5 heteroatoms. The van der Waals surface area contributed by atoms with Crippen molar-refractivity contribution in [2.45, 2.75) is 23.9 Å². The molecule has 0 aromatic heterocycles. The van der Waals surface area contributed by atoms with Crippen LogP contribution in [0, 0.1) is 0 Å². The molecular weight excluding hydrogens is 289 g/mol. The number of halogens is 4. The third kappa shape index (κ3) is 3.12. The number of benzene rings is 1. The van der Waals surface area contributed by atoms with Crippen LogP contribution < -0.4 is 0 Å². The molecule has 0 saturated heterocycles. The molecule has 0 spiro atoms. The van der Waals surface area contributed by atoms with Crippen molar-refractivity contribution in [2.75, 3.05) is 0 Å². The van der Waals surface area contributed by atoms with Gasteiger partial charge in [0.25, 0.3) is 0 Å². The number of hydrogen-bond donors (Lipinski definition) is 0. The lowest BCUT2D eigenvalue weighted by atomic mass is 9.92. The fourth-order valence-electron chi connectivity index (χ4n) is 1.91. The molecule has 0 saturated carbocycles. The number of carbonyl (C=O) groups is 1. The minimum absolute atomic E-state index is 0.0747. The van der Waals surface area contributed by atoms with Gasteiger partial charge in [-0.25, -0.2) is 0 Å². The number of allylic oxidation sites excluding steroid dienone is 4. The molecule has 1 unspecified atom stereocenters. The van der Waals surface area contributed by atoms with Crippen molar-refractivity contribution in [1.82, 2.24) is 0 Å². The van der Waals surface area contributed by atoms with Crippen molar-refractivity contribution in [2.24, 2.45) is 0 Å². The Bertz CT molecular complexity index is 560. The Kier molecular flexibility index (Phi) is 4.04. The summed E-state index contributed by atoms with van der Waals surface area (Å²) in [4.78, 5) is 9.59. The average Bonchev–Trinajstić information content (AvgIpc) is 2.41. The molecule has 1 aliphatic rings. The van der Waals surface area contributed by atoms with Crippen LogP contribution in [0.4, 0.5) is 13.2 Å². The highest BCUT2D eigenvalue weighted by Crippen LogP contribution is 2.43. The molecule has 0 N–H and O–H groups in total. The number of hydrogen-bond acceptors (Lipinski definition) is 1. The van der Waals surface area contributed by atoms with E-state index in [1.165, 1.54) is 12.2 Å². The van der Waals surface area contributed by atoms with Crippen molar-refractivity contribution in [3.05, 3.63) is 59.7 Å². The predicted molar refractivity (Wildman–Crippen MR) is 71.9 cm³/mol. The van der Waals surface area contributed by atoms with E-state index in [0.29, 0.717) is 11.1 Å². The van der Waals surface area contributed by atoms with Crippen LogP contribution in [0.1, 0.15) is 23.2 Å². The predicted octanol–water partition coefficient (Wildman–Crippen LogP) is 4.69. The standard InChI is InChI=1S/C15H12ClF3O/c16-14(15(17,18)19)8-6-11(7-9-14)10-13(20)12-4-2-1-3-5-12/h1-8H,9-10H2. The zero-order chi connectivity index (χ0) is 14.8. The lowest BCUT2D eigenvalue weighted by Crippen LogP contribution is -2.38. The van der Waals surface area contributed by atoms with E-state index in [4.69, 9.17) is 11.6 Å². The maximum atomic E-state index is 12.7. The second-order valence-electron chi connectivity index (χ2n) is 4.64. The minimum Gasteiger partial charge on any atom is -0.294 e. The van der Waals surface area contributed by atoms with Gasteiger partial charge < -0.3 is 0 Å². The van der Waals surface area contributed by atoms with E-state index in [-0.39, 0.29) is 18.6 Å². The van der Waals surface area contributed by atoms with E-state index < -0.39 is 11.1 Å². The number of ketones is 1. The van der Waals surface area contributed by atoms with Crippen LogP contribution in [0.3, 0.4) is 0 Å². The summed E-state index contributed by atoms with van der Waals surface area (Å²) in [6.07, 6.45) is -1.21. The van der Waals surface area contributed by atoms with Crippen molar-refractivity contribution in [3.8, 4) is 0 Å². The normalized spacial score (nSPS) is 22.5. The van der Waals surface area contributed by atoms with Gasteiger partial charge in [0.2, 0.25) is 0 Å². The summed E-state index contributed by atoms with van der Waals surface area (Å²) in [6.45, 7) is 0. The van der Waals surface area contributed by atoms with Gasteiger partial charge in [0.15, 0.2) is 10.7 Å². The summed E-state index contributed by atoms with van der Waals surface area (Å²) in [5, 5.41) is 0. The Labute approximate surface area is 119 Å². The largest absolute Gasteiger partial charge is 0.411 e. The first kappa shape index (κ1) is 14.9. The first-order valence-corrected chi connectivity index (χ1v) is 6.42. The Morgan fingerprint density at radius 2 is 1.90 bits per heavy atom. The van der Waals surface area contributed by atoms with Gasteiger partial charge in [-0.1, -0.05) is 48.6 Å². The average molecular weight is 301 g/mol. The lowest BCUT2D eigenvalue weighted by molar-refractivity contribution is -0.149. The van der Waals surface area contributed by atoms with Gasteiger partial charge in [0, 0.05) is 12.0 Å². The number of rotatable bonds is 3. The van der Waals surface area contributed by atoms with Gasteiger partial charge in [0.05, 0.1) is 0 Å². The van der Waals surface area contributed by atoms with Crippen molar-refractivity contribution in [1.29, 1.82) is 0 Å². The highest BCUT2D eigenvalue weighted by Gasteiger charge is 2.51. The van der Waals surface area contributed by atoms with Crippen LogP contribution in [0.15, 0.2) is 54.1 Å². The van der Waals surface area contributed by atoms with Gasteiger partial charge in [0.1, 0.15) is 0 Å². The fourth-order valence-corrected chi connectivity index (χ4v) is 2.05. The summed E-state index contributed by atoms with van der Waals surface area (Å²) in [5.74, 6) is -0.129. The summed E-state index contributed by atoms with van der Waals surface area (Å²) in [7, 11) is 0. The molecule has 0 heterocycles. The van der Waals surface area contributed by atoms with Crippen LogP contribution in [0.25, 0.3) is 0 Å². The summed E-state index contributed by atoms with van der Waals surface area (Å²) in [5.41, 5.74) is 1.10. The van der Waals surface area contributed by atoms with Crippen LogP contribution in [-0.4, -0.2) is 16.8 Å². The van der Waals surface area contributed by atoms with E-state index in [2.05, 4.69) is 0 Å². The van der Waals surface area contributed by atoms with Crippen molar-refractivity contribution in [3.63, 3.8) is 0 Å². The quantitative estimate of drug-likeness (QED) is 0.585. The molecule has 1 nitrogen and oxygen atoms in total. The van der Waals surface area contributed by atoms with Crippen LogP contribution in [0.2, 0.25) is 0 Å². The summed E-state index contributed by atoms with van der Waals surface area (Å²) >= 11 is 5.53. The summed E-state index contributed by atoms with van der Waals surface area (Å²) < 4.78 is 38.1. The molecular formula is C15H12ClF3O. The van der Waals surface area contributed by atoms with E-state index in [1.807, 2.05) is 0 Å². The second-order valence-corrected chi connectivity index (χ2v) is 5.32. The molecule has 20 heavy (non-hydrogen) atoms. The van der Waals surface area contributed by atoms with Gasteiger partial charge in [-0.15, -0.1) is 11.6 Å². The van der Waals surface area contributed by atoms with Gasteiger partial charge in [-0.05, 0) is 12.0 Å². The molecule has 0 aliphatic heterocycles. The lowest BCUT2D eigenvalue weighted by Gasteiger charge is -2.27.